The maximum Gasteiger partial charge on any atom is 0.228 e. The second-order valence-corrected chi connectivity index (χ2v) is 7.92. The number of halogens is 1. The number of carbonyl (C=O) groups excluding carboxylic acids is 1. The van der Waals surface area contributed by atoms with Gasteiger partial charge in [-0.3, -0.25) is 4.79 Å². The summed E-state index contributed by atoms with van der Waals surface area (Å²) >= 11 is 5.88. The Morgan fingerprint density at radius 1 is 1.07 bits per heavy atom. The number of hydrogen-bond donors (Lipinski definition) is 1. The van der Waals surface area contributed by atoms with Crippen LogP contribution < -0.4 is 5.32 Å². The summed E-state index contributed by atoms with van der Waals surface area (Å²) in [5.41, 5.74) is 5.42. The van der Waals surface area contributed by atoms with Gasteiger partial charge in [-0.05, 0) is 72.0 Å². The van der Waals surface area contributed by atoms with Gasteiger partial charge in [0.05, 0.1) is 6.42 Å². The fourth-order valence-electron chi connectivity index (χ4n) is 3.30. The van der Waals surface area contributed by atoms with Crippen LogP contribution in [0, 0.1) is 0 Å². The van der Waals surface area contributed by atoms with Gasteiger partial charge in [0, 0.05) is 16.3 Å². The molecule has 1 aromatic heterocycles. The highest BCUT2D eigenvalue weighted by Gasteiger charge is 2.11. The summed E-state index contributed by atoms with van der Waals surface area (Å²) in [6.07, 6.45) is 1.38. The lowest BCUT2D eigenvalue weighted by Crippen LogP contribution is -2.14. The minimum atomic E-state index is -0.0792. The minimum absolute atomic E-state index is 0.0792. The summed E-state index contributed by atoms with van der Waals surface area (Å²) in [5, 5.41) is 3.57. The summed E-state index contributed by atoms with van der Waals surface area (Å²) in [7, 11) is 0. The Kier molecular flexibility index (Phi) is 5.86. The van der Waals surface area contributed by atoms with Gasteiger partial charge in [0.1, 0.15) is 5.52 Å². The number of fused-ring (bicyclic) bond motifs is 1. The minimum Gasteiger partial charge on any atom is -0.436 e. The molecule has 1 heterocycles. The van der Waals surface area contributed by atoms with Crippen molar-refractivity contribution in [3.8, 4) is 11.5 Å². The molecule has 1 unspecified atom stereocenters. The van der Waals surface area contributed by atoms with E-state index < -0.39 is 0 Å². The van der Waals surface area contributed by atoms with Crippen LogP contribution in [-0.4, -0.2) is 10.9 Å². The molecule has 0 spiro atoms. The lowest BCUT2D eigenvalue weighted by molar-refractivity contribution is -0.115. The van der Waals surface area contributed by atoms with Crippen LogP contribution in [0.3, 0.4) is 0 Å². The van der Waals surface area contributed by atoms with E-state index in [2.05, 4.69) is 36.3 Å². The normalized spacial score (nSPS) is 12.1. The largest absolute Gasteiger partial charge is 0.436 e. The maximum absolute atomic E-state index is 12.3. The summed E-state index contributed by atoms with van der Waals surface area (Å²) in [5.74, 6) is 0.986. The van der Waals surface area contributed by atoms with Gasteiger partial charge in [-0.2, -0.15) is 0 Å². The first-order chi connectivity index (χ1) is 14.5. The fraction of sp³-hybridized carbons (Fsp3) is 0.200. The van der Waals surface area contributed by atoms with Crippen LogP contribution in [0.25, 0.3) is 22.6 Å². The Labute approximate surface area is 180 Å². The molecule has 0 fully saturated rings. The van der Waals surface area contributed by atoms with E-state index in [1.165, 1.54) is 5.56 Å². The standard InChI is InChI=1S/C25H23ClN2O2/c1-3-16(2)19-8-13-23-22(15-19)28-25(30-23)18-6-11-21(12-7-18)27-24(29)14-17-4-9-20(26)10-5-17/h4-13,15-16H,3,14H2,1-2H3,(H,27,29). The second-order valence-electron chi connectivity index (χ2n) is 7.48. The van der Waals surface area contributed by atoms with Gasteiger partial charge in [-0.1, -0.05) is 43.6 Å². The van der Waals surface area contributed by atoms with Crippen molar-refractivity contribution in [2.45, 2.75) is 32.6 Å². The van der Waals surface area contributed by atoms with Gasteiger partial charge >= 0.3 is 0 Å². The quantitative estimate of drug-likeness (QED) is 0.372. The van der Waals surface area contributed by atoms with Crippen LogP contribution in [-0.2, 0) is 11.2 Å². The van der Waals surface area contributed by atoms with Crippen molar-refractivity contribution in [3.05, 3.63) is 82.9 Å². The van der Waals surface area contributed by atoms with E-state index >= 15 is 0 Å². The van der Waals surface area contributed by atoms with E-state index in [1.807, 2.05) is 42.5 Å². The monoisotopic (exact) mass is 418 g/mol. The Balaban J connectivity index is 1.46. The molecule has 4 aromatic rings. The Hall–Kier alpha value is -3.11. The van der Waals surface area contributed by atoms with Gasteiger partial charge in [0.25, 0.3) is 0 Å². The third-order valence-electron chi connectivity index (χ3n) is 5.29. The van der Waals surface area contributed by atoms with Crippen molar-refractivity contribution in [2.24, 2.45) is 0 Å². The highest BCUT2D eigenvalue weighted by molar-refractivity contribution is 6.30. The Morgan fingerprint density at radius 2 is 1.80 bits per heavy atom. The van der Waals surface area contributed by atoms with Gasteiger partial charge in [0.15, 0.2) is 5.58 Å². The molecular weight excluding hydrogens is 396 g/mol. The number of hydrogen-bond acceptors (Lipinski definition) is 3. The smallest absolute Gasteiger partial charge is 0.228 e. The van der Waals surface area contributed by atoms with Crippen molar-refractivity contribution in [2.75, 3.05) is 5.32 Å². The highest BCUT2D eigenvalue weighted by Crippen LogP contribution is 2.28. The van der Waals surface area contributed by atoms with Crippen LogP contribution in [0.15, 0.2) is 71.1 Å². The summed E-state index contributed by atoms with van der Waals surface area (Å²) in [6.45, 7) is 4.39. The van der Waals surface area contributed by atoms with Gasteiger partial charge < -0.3 is 9.73 Å². The van der Waals surface area contributed by atoms with E-state index in [-0.39, 0.29) is 5.91 Å². The van der Waals surface area contributed by atoms with Crippen molar-refractivity contribution in [3.63, 3.8) is 0 Å². The third-order valence-corrected chi connectivity index (χ3v) is 5.54. The lowest BCUT2D eigenvalue weighted by atomic mass is 9.98. The van der Waals surface area contributed by atoms with Gasteiger partial charge in [0.2, 0.25) is 11.8 Å². The molecule has 0 bridgehead atoms. The predicted molar refractivity (Wildman–Crippen MR) is 122 cm³/mol. The number of benzene rings is 3. The molecule has 5 heteroatoms. The molecule has 4 rings (SSSR count). The average molecular weight is 419 g/mol. The molecular formula is C25H23ClN2O2. The molecule has 0 aliphatic heterocycles. The first-order valence-corrected chi connectivity index (χ1v) is 10.4. The van der Waals surface area contributed by atoms with E-state index in [4.69, 9.17) is 16.0 Å². The van der Waals surface area contributed by atoms with Crippen LogP contribution in [0.1, 0.15) is 37.3 Å². The SMILES string of the molecule is CCC(C)c1ccc2oc(-c3ccc(NC(=O)Cc4ccc(Cl)cc4)cc3)nc2c1. The van der Waals surface area contributed by atoms with Crippen molar-refractivity contribution in [1.29, 1.82) is 0 Å². The zero-order valence-electron chi connectivity index (χ0n) is 17.0. The number of nitrogens with zero attached hydrogens (tertiary/aromatic N) is 1. The summed E-state index contributed by atoms with van der Waals surface area (Å²) in [6, 6.07) is 21.0. The van der Waals surface area contributed by atoms with Crippen LogP contribution >= 0.6 is 11.6 Å². The molecule has 30 heavy (non-hydrogen) atoms. The number of rotatable bonds is 6. The number of nitrogens with one attached hydrogen (secondary N) is 1. The fourth-order valence-corrected chi connectivity index (χ4v) is 3.43. The maximum atomic E-state index is 12.3. The molecule has 4 nitrogen and oxygen atoms in total. The summed E-state index contributed by atoms with van der Waals surface area (Å²) in [4.78, 5) is 16.9. The van der Waals surface area contributed by atoms with Crippen LogP contribution in [0.5, 0.6) is 0 Å². The van der Waals surface area contributed by atoms with Crippen molar-refractivity contribution < 1.29 is 9.21 Å². The molecule has 0 radical (unpaired) electrons. The zero-order chi connectivity index (χ0) is 21.1. The third kappa shape index (κ3) is 4.55. The number of anilines is 1. The van der Waals surface area contributed by atoms with Crippen molar-refractivity contribution >= 4 is 34.3 Å². The Morgan fingerprint density at radius 3 is 2.50 bits per heavy atom. The second kappa shape index (κ2) is 8.72. The molecule has 0 aliphatic rings. The molecule has 152 valence electrons. The van der Waals surface area contributed by atoms with E-state index in [0.29, 0.717) is 23.3 Å². The van der Waals surface area contributed by atoms with Gasteiger partial charge in [-0.25, -0.2) is 4.98 Å². The average Bonchev–Trinajstić information content (AvgIpc) is 3.18. The van der Waals surface area contributed by atoms with Crippen LogP contribution in [0.2, 0.25) is 5.02 Å². The predicted octanol–water partition coefficient (Wildman–Crippen LogP) is 6.84. The van der Waals surface area contributed by atoms with E-state index in [0.717, 1.165) is 34.3 Å². The summed E-state index contributed by atoms with van der Waals surface area (Å²) < 4.78 is 5.92. The van der Waals surface area contributed by atoms with Gasteiger partial charge in [-0.15, -0.1) is 0 Å². The topological polar surface area (TPSA) is 55.1 Å². The van der Waals surface area contributed by atoms with Crippen molar-refractivity contribution in [1.82, 2.24) is 4.98 Å². The highest BCUT2D eigenvalue weighted by atomic mass is 35.5. The molecule has 0 saturated carbocycles. The molecule has 0 aliphatic carbocycles. The number of carbonyl (C=O) groups is 1. The zero-order valence-corrected chi connectivity index (χ0v) is 17.7. The first kappa shape index (κ1) is 20.2. The molecule has 3 aromatic carbocycles. The first-order valence-electron chi connectivity index (χ1n) is 10.1. The number of aromatic nitrogens is 1. The van der Waals surface area contributed by atoms with Crippen LogP contribution in [0.4, 0.5) is 5.69 Å². The molecule has 1 atom stereocenters. The molecule has 0 saturated heterocycles. The Bertz CT molecular complexity index is 1160. The number of amides is 1. The number of oxazole rings is 1. The molecule has 1 amide bonds. The van der Waals surface area contributed by atoms with E-state index in [9.17, 15) is 4.79 Å². The lowest BCUT2D eigenvalue weighted by Gasteiger charge is -2.07. The van der Waals surface area contributed by atoms with E-state index in [1.54, 1.807) is 12.1 Å². The molecule has 1 N–H and O–H groups in total.